The van der Waals surface area contributed by atoms with Crippen LogP contribution < -0.4 is 5.73 Å². The summed E-state index contributed by atoms with van der Waals surface area (Å²) in [5, 5.41) is 0. The summed E-state index contributed by atoms with van der Waals surface area (Å²) in [6.07, 6.45) is 12.0. The highest BCUT2D eigenvalue weighted by Gasteiger charge is 2.37. The lowest BCUT2D eigenvalue weighted by molar-refractivity contribution is 0.423. The van der Waals surface area contributed by atoms with Crippen LogP contribution in [0.4, 0.5) is 0 Å². The highest BCUT2D eigenvalue weighted by atomic mass is 15.1. The van der Waals surface area contributed by atoms with Crippen LogP contribution >= 0.6 is 0 Å². The zero-order chi connectivity index (χ0) is 10.3. The number of aromatic nitrogens is 2. The largest absolute Gasteiger partial charge is 0.330 e. The van der Waals surface area contributed by atoms with Crippen LogP contribution in [-0.4, -0.2) is 15.6 Å². The van der Waals surface area contributed by atoms with Gasteiger partial charge in [-0.2, -0.15) is 0 Å². The molecule has 2 aliphatic rings. The van der Waals surface area contributed by atoms with Crippen LogP contribution in [0.25, 0.3) is 0 Å². The van der Waals surface area contributed by atoms with Crippen molar-refractivity contribution in [2.45, 2.75) is 56.5 Å². The molecule has 2 N–H and O–H groups in total. The first-order valence-corrected chi connectivity index (χ1v) is 6.13. The molecule has 0 aromatic carbocycles. The van der Waals surface area contributed by atoms with E-state index in [4.69, 9.17) is 5.73 Å². The topological polar surface area (TPSA) is 43.8 Å². The molecule has 0 radical (unpaired) electrons. The third-order valence-electron chi connectivity index (χ3n) is 3.88. The molecule has 2 atom stereocenters. The summed E-state index contributed by atoms with van der Waals surface area (Å²) in [4.78, 5) is 4.30. The minimum Gasteiger partial charge on any atom is -0.330 e. The lowest BCUT2D eigenvalue weighted by atomic mass is 9.87. The molecule has 3 rings (SSSR count). The highest BCUT2D eigenvalue weighted by Crippen LogP contribution is 2.39. The minimum atomic E-state index is 0.376. The zero-order valence-electron chi connectivity index (χ0n) is 9.10. The van der Waals surface area contributed by atoms with Crippen molar-refractivity contribution in [3.05, 3.63) is 18.2 Å². The third-order valence-corrected chi connectivity index (χ3v) is 3.88. The molecule has 2 unspecified atom stereocenters. The molecule has 0 spiro atoms. The number of nitrogens with zero attached hydrogens (tertiary/aromatic N) is 2. The molecule has 1 aromatic heterocycles. The fraction of sp³-hybridized carbons (Fsp3) is 0.750. The Labute approximate surface area is 90.7 Å². The lowest BCUT2D eigenvalue weighted by Gasteiger charge is -2.22. The summed E-state index contributed by atoms with van der Waals surface area (Å²) in [6.45, 7) is 0. The molecule has 1 heterocycles. The smallest absolute Gasteiger partial charge is 0.0951 e. The van der Waals surface area contributed by atoms with Crippen LogP contribution in [-0.2, 0) is 0 Å². The van der Waals surface area contributed by atoms with Gasteiger partial charge >= 0.3 is 0 Å². The van der Waals surface area contributed by atoms with Gasteiger partial charge in [0.25, 0.3) is 0 Å². The Balaban J connectivity index is 1.81. The quantitative estimate of drug-likeness (QED) is 0.804. The van der Waals surface area contributed by atoms with E-state index in [-0.39, 0.29) is 0 Å². The van der Waals surface area contributed by atoms with Crippen LogP contribution in [0.5, 0.6) is 0 Å². The van der Waals surface area contributed by atoms with E-state index in [1.54, 1.807) is 0 Å². The molecule has 2 aliphatic carbocycles. The number of hydrogen-bond acceptors (Lipinski definition) is 2. The van der Waals surface area contributed by atoms with Crippen LogP contribution in [0.3, 0.4) is 0 Å². The Kier molecular flexibility index (Phi) is 2.28. The average molecular weight is 205 g/mol. The predicted octanol–water partition coefficient (Wildman–Crippen LogP) is 2.20. The fourth-order valence-corrected chi connectivity index (χ4v) is 2.83. The van der Waals surface area contributed by atoms with Crippen molar-refractivity contribution in [2.24, 2.45) is 5.73 Å². The van der Waals surface area contributed by atoms with Gasteiger partial charge in [-0.25, -0.2) is 4.98 Å². The molecule has 3 heteroatoms. The molecule has 0 saturated heterocycles. The molecular formula is C12H19N3. The Hall–Kier alpha value is -0.830. The Morgan fingerprint density at radius 2 is 2.00 bits per heavy atom. The molecule has 0 aliphatic heterocycles. The van der Waals surface area contributed by atoms with E-state index < -0.39 is 0 Å². The van der Waals surface area contributed by atoms with Gasteiger partial charge in [0.1, 0.15) is 0 Å². The van der Waals surface area contributed by atoms with Gasteiger partial charge in [-0.3, -0.25) is 0 Å². The number of hydrogen-bond donors (Lipinski definition) is 1. The monoisotopic (exact) mass is 205 g/mol. The summed E-state index contributed by atoms with van der Waals surface area (Å²) in [5.74, 6) is 0.744. The molecular weight excluding hydrogens is 186 g/mol. The summed E-state index contributed by atoms with van der Waals surface area (Å²) in [6, 6.07) is 0.922. The van der Waals surface area contributed by atoms with E-state index >= 15 is 0 Å². The van der Waals surface area contributed by atoms with Crippen LogP contribution in [0.15, 0.2) is 12.5 Å². The Morgan fingerprint density at radius 1 is 1.27 bits per heavy atom. The van der Waals surface area contributed by atoms with Gasteiger partial charge in [0.2, 0.25) is 0 Å². The van der Waals surface area contributed by atoms with Gasteiger partial charge < -0.3 is 10.3 Å². The number of rotatable bonds is 2. The van der Waals surface area contributed by atoms with E-state index in [1.807, 2.05) is 6.33 Å². The van der Waals surface area contributed by atoms with Gasteiger partial charge in [0.15, 0.2) is 0 Å². The van der Waals surface area contributed by atoms with E-state index in [1.165, 1.54) is 37.8 Å². The lowest BCUT2D eigenvalue weighted by Crippen LogP contribution is -2.13. The van der Waals surface area contributed by atoms with Crippen LogP contribution in [0.2, 0.25) is 0 Å². The van der Waals surface area contributed by atoms with Gasteiger partial charge in [-0.15, -0.1) is 0 Å². The van der Waals surface area contributed by atoms with Crippen LogP contribution in [0, 0.1) is 0 Å². The maximum absolute atomic E-state index is 5.91. The van der Waals surface area contributed by atoms with Gasteiger partial charge in [-0.05, 0) is 19.3 Å². The Bertz CT molecular complexity index is 338. The van der Waals surface area contributed by atoms with E-state index in [2.05, 4.69) is 15.7 Å². The molecule has 1 aromatic rings. The van der Waals surface area contributed by atoms with E-state index in [0.717, 1.165) is 12.3 Å². The first kappa shape index (κ1) is 9.40. The molecule has 2 saturated carbocycles. The predicted molar refractivity (Wildman–Crippen MR) is 59.7 cm³/mol. The molecule has 2 fully saturated rings. The molecule has 3 nitrogen and oxygen atoms in total. The maximum Gasteiger partial charge on any atom is 0.0951 e. The highest BCUT2D eigenvalue weighted by molar-refractivity contribution is 5.13. The Morgan fingerprint density at radius 3 is 2.67 bits per heavy atom. The number of nitrogens with two attached hydrogens (primary N) is 1. The second-order valence-corrected chi connectivity index (χ2v) is 5.03. The van der Waals surface area contributed by atoms with Crippen molar-refractivity contribution in [1.82, 2.24) is 9.55 Å². The van der Waals surface area contributed by atoms with Crippen molar-refractivity contribution < 1.29 is 0 Å². The summed E-state index contributed by atoms with van der Waals surface area (Å²) in [5.41, 5.74) is 7.35. The summed E-state index contributed by atoms with van der Waals surface area (Å²) >= 11 is 0. The normalized spacial score (nSPS) is 31.8. The van der Waals surface area contributed by atoms with Crippen molar-refractivity contribution in [3.63, 3.8) is 0 Å². The van der Waals surface area contributed by atoms with Crippen molar-refractivity contribution in [3.8, 4) is 0 Å². The first-order chi connectivity index (χ1) is 7.36. The first-order valence-electron chi connectivity index (χ1n) is 6.13. The van der Waals surface area contributed by atoms with Crippen LogP contribution in [0.1, 0.15) is 56.2 Å². The second kappa shape index (κ2) is 3.63. The molecule has 15 heavy (non-hydrogen) atoms. The van der Waals surface area contributed by atoms with E-state index in [9.17, 15) is 0 Å². The molecule has 82 valence electrons. The standard InChI is InChI=1S/C12H19N3/c13-10-6-11(10)15-8-14-7-12(15)9-4-2-1-3-5-9/h7-11H,1-6,13H2. The summed E-state index contributed by atoms with van der Waals surface area (Å²) < 4.78 is 2.33. The average Bonchev–Trinajstić information content (AvgIpc) is 2.82. The van der Waals surface area contributed by atoms with Gasteiger partial charge in [0.05, 0.1) is 12.4 Å². The fourth-order valence-electron chi connectivity index (χ4n) is 2.83. The van der Waals surface area contributed by atoms with Crippen molar-refractivity contribution >= 4 is 0 Å². The molecule has 0 amide bonds. The SMILES string of the molecule is NC1CC1n1cncc1C1CCCCC1. The summed E-state index contributed by atoms with van der Waals surface area (Å²) in [7, 11) is 0. The van der Waals surface area contributed by atoms with E-state index in [0.29, 0.717) is 12.1 Å². The molecule has 0 bridgehead atoms. The second-order valence-electron chi connectivity index (χ2n) is 5.03. The number of imidazole rings is 1. The maximum atomic E-state index is 5.91. The minimum absolute atomic E-state index is 0.376. The zero-order valence-corrected chi connectivity index (χ0v) is 9.10. The van der Waals surface area contributed by atoms with Crippen molar-refractivity contribution in [1.29, 1.82) is 0 Å². The third kappa shape index (κ3) is 1.69. The van der Waals surface area contributed by atoms with Gasteiger partial charge in [-0.1, -0.05) is 19.3 Å². The van der Waals surface area contributed by atoms with Crippen molar-refractivity contribution in [2.75, 3.05) is 0 Å². The van der Waals surface area contributed by atoms with Gasteiger partial charge in [0, 0.05) is 23.9 Å².